The summed E-state index contributed by atoms with van der Waals surface area (Å²) in [6.45, 7) is 10.9. The Balaban J connectivity index is 2.18. The Hall–Kier alpha value is -1.80. The van der Waals surface area contributed by atoms with Crippen molar-refractivity contribution < 1.29 is 4.79 Å². The van der Waals surface area contributed by atoms with E-state index < -0.39 is 0 Å². The predicted molar refractivity (Wildman–Crippen MR) is 115 cm³/mol. The van der Waals surface area contributed by atoms with Gasteiger partial charge in [-0.2, -0.15) is 0 Å². The maximum Gasteiger partial charge on any atom is 0.230 e. The van der Waals surface area contributed by atoms with Crippen LogP contribution >= 0.6 is 11.6 Å². The zero-order valence-corrected chi connectivity index (χ0v) is 17.8. The Morgan fingerprint density at radius 2 is 1.63 bits per heavy atom. The third-order valence-corrected chi connectivity index (χ3v) is 6.42. The summed E-state index contributed by atoms with van der Waals surface area (Å²) in [5.41, 5.74) is 3.05. The molecule has 0 N–H and O–H groups in total. The quantitative estimate of drug-likeness (QED) is 0.582. The highest BCUT2D eigenvalue weighted by molar-refractivity contribution is 6.30. The first-order chi connectivity index (χ1) is 12.7. The van der Waals surface area contributed by atoms with Crippen molar-refractivity contribution in [1.82, 2.24) is 0 Å². The lowest BCUT2D eigenvalue weighted by atomic mass is 9.65. The molecule has 0 unspecified atom stereocenters. The van der Waals surface area contributed by atoms with Crippen molar-refractivity contribution in [1.29, 1.82) is 0 Å². The number of nitrogens with zero attached hydrogens (tertiary/aromatic N) is 1. The van der Waals surface area contributed by atoms with Crippen molar-refractivity contribution in [2.45, 2.75) is 64.8 Å². The molecule has 0 aliphatic carbocycles. The van der Waals surface area contributed by atoms with Crippen LogP contribution in [0.3, 0.4) is 0 Å². The largest absolute Gasteiger partial charge is 0.306 e. The average molecular weight is 384 g/mol. The minimum absolute atomic E-state index is 0.0669. The van der Waals surface area contributed by atoms with Crippen molar-refractivity contribution >= 4 is 23.2 Å². The average Bonchev–Trinajstić information content (AvgIpc) is 2.62. The van der Waals surface area contributed by atoms with Crippen LogP contribution in [0, 0.1) is 5.92 Å². The molecule has 0 radical (unpaired) electrons. The van der Waals surface area contributed by atoms with Crippen molar-refractivity contribution in [2.75, 3.05) is 4.90 Å². The molecule has 1 atom stereocenters. The number of hydrogen-bond acceptors (Lipinski definition) is 1. The van der Waals surface area contributed by atoms with E-state index in [9.17, 15) is 4.79 Å². The minimum atomic E-state index is -0.275. The van der Waals surface area contributed by atoms with E-state index >= 15 is 0 Å². The van der Waals surface area contributed by atoms with Crippen LogP contribution < -0.4 is 4.90 Å². The van der Waals surface area contributed by atoms with Gasteiger partial charge < -0.3 is 4.90 Å². The van der Waals surface area contributed by atoms with E-state index in [0.717, 1.165) is 30.0 Å². The molecule has 3 heteroatoms. The van der Waals surface area contributed by atoms with Gasteiger partial charge in [0.2, 0.25) is 5.91 Å². The van der Waals surface area contributed by atoms with E-state index in [1.807, 2.05) is 18.2 Å². The first-order valence-electron chi connectivity index (χ1n) is 9.94. The molecule has 1 heterocycles. The Kier molecular flexibility index (Phi) is 5.40. The molecule has 1 aliphatic heterocycles. The molecule has 3 rings (SSSR count). The molecular formula is C24H30ClNO. The molecule has 0 aromatic heterocycles. The summed E-state index contributed by atoms with van der Waals surface area (Å²) in [5.74, 6) is 0.313. The van der Waals surface area contributed by atoms with Gasteiger partial charge in [0.25, 0.3) is 0 Å². The summed E-state index contributed by atoms with van der Waals surface area (Å²) >= 11 is 6.13. The second-order valence-corrected chi connectivity index (χ2v) is 8.97. The van der Waals surface area contributed by atoms with Gasteiger partial charge in [0.05, 0.1) is 0 Å². The topological polar surface area (TPSA) is 20.3 Å². The highest BCUT2D eigenvalue weighted by Gasteiger charge is 2.48. The van der Waals surface area contributed by atoms with Crippen LogP contribution in [-0.2, 0) is 10.2 Å². The van der Waals surface area contributed by atoms with Crippen LogP contribution in [0.1, 0.15) is 65.0 Å². The Morgan fingerprint density at radius 1 is 1.04 bits per heavy atom. The second-order valence-electron chi connectivity index (χ2n) is 8.53. The Labute approximate surface area is 168 Å². The van der Waals surface area contributed by atoms with E-state index in [2.05, 4.69) is 69.9 Å². The summed E-state index contributed by atoms with van der Waals surface area (Å²) in [4.78, 5) is 15.5. The predicted octanol–water partition coefficient (Wildman–Crippen LogP) is 6.60. The zero-order chi connectivity index (χ0) is 19.8. The number of halogens is 1. The standard InChI is InChI=1S/C24H30ClNO/c1-6-17(7-2)22(27)26-21-11-9-8-10-20(21)24(5,16-23(26,3)4)18-12-14-19(25)15-13-18/h8-15,17H,6-7,16H2,1-5H3/t24-/m0/s1. The number of rotatable bonds is 4. The normalized spacial score (nSPS) is 21.2. The SMILES string of the molecule is CCC(CC)C(=O)N1c2ccccc2[C@](C)(c2ccc(Cl)cc2)CC1(C)C. The summed E-state index contributed by atoms with van der Waals surface area (Å²) in [6, 6.07) is 16.5. The van der Waals surface area contributed by atoms with E-state index in [1.165, 1.54) is 11.1 Å². The summed E-state index contributed by atoms with van der Waals surface area (Å²) in [5, 5.41) is 0.747. The summed E-state index contributed by atoms with van der Waals surface area (Å²) in [7, 11) is 0. The van der Waals surface area contributed by atoms with Gasteiger partial charge in [0.15, 0.2) is 0 Å². The third-order valence-electron chi connectivity index (χ3n) is 6.17. The van der Waals surface area contributed by atoms with E-state index in [-0.39, 0.29) is 22.8 Å². The molecule has 2 aromatic carbocycles. The molecule has 0 bridgehead atoms. The molecule has 0 spiro atoms. The first-order valence-corrected chi connectivity index (χ1v) is 10.3. The molecule has 144 valence electrons. The number of hydrogen-bond donors (Lipinski definition) is 0. The first kappa shape index (κ1) is 19.9. The maximum atomic E-state index is 13.4. The number of anilines is 1. The van der Waals surface area contributed by atoms with Crippen LogP contribution in [0.15, 0.2) is 48.5 Å². The molecule has 2 nitrogen and oxygen atoms in total. The number of benzene rings is 2. The molecule has 0 saturated heterocycles. The van der Waals surface area contributed by atoms with Crippen LogP contribution in [0.2, 0.25) is 5.02 Å². The van der Waals surface area contributed by atoms with Crippen molar-refractivity contribution in [3.63, 3.8) is 0 Å². The summed E-state index contributed by atoms with van der Waals surface area (Å²) < 4.78 is 0. The van der Waals surface area contributed by atoms with E-state index in [0.29, 0.717) is 0 Å². The fourth-order valence-electron chi connectivity index (χ4n) is 4.81. The molecule has 2 aromatic rings. The number of para-hydroxylation sites is 1. The zero-order valence-electron chi connectivity index (χ0n) is 17.1. The second kappa shape index (κ2) is 7.31. The van der Waals surface area contributed by atoms with Gasteiger partial charge in [-0.05, 0) is 62.4 Å². The lowest BCUT2D eigenvalue weighted by molar-refractivity contribution is -0.124. The van der Waals surface area contributed by atoms with Gasteiger partial charge in [0, 0.05) is 27.6 Å². The summed E-state index contributed by atoms with van der Waals surface area (Å²) in [6.07, 6.45) is 2.61. The fourth-order valence-corrected chi connectivity index (χ4v) is 4.94. The molecule has 1 aliphatic rings. The monoisotopic (exact) mass is 383 g/mol. The van der Waals surface area contributed by atoms with Gasteiger partial charge in [-0.1, -0.05) is 62.7 Å². The van der Waals surface area contributed by atoms with Crippen LogP contribution in [0.5, 0.6) is 0 Å². The van der Waals surface area contributed by atoms with Gasteiger partial charge in [-0.3, -0.25) is 4.79 Å². The van der Waals surface area contributed by atoms with E-state index in [4.69, 9.17) is 11.6 Å². The van der Waals surface area contributed by atoms with Crippen molar-refractivity contribution in [3.05, 3.63) is 64.7 Å². The molecule has 1 amide bonds. The van der Waals surface area contributed by atoms with Crippen molar-refractivity contribution in [3.8, 4) is 0 Å². The third kappa shape index (κ3) is 3.40. The highest BCUT2D eigenvalue weighted by Crippen LogP contribution is 2.50. The lowest BCUT2D eigenvalue weighted by Crippen LogP contribution is -2.57. The lowest BCUT2D eigenvalue weighted by Gasteiger charge is -2.52. The number of carbonyl (C=O) groups excluding carboxylic acids is 1. The fraction of sp³-hybridized carbons (Fsp3) is 0.458. The molecule has 0 fully saturated rings. The number of amides is 1. The van der Waals surface area contributed by atoms with Crippen LogP contribution in [0.25, 0.3) is 0 Å². The molecular weight excluding hydrogens is 354 g/mol. The van der Waals surface area contributed by atoms with Crippen LogP contribution in [-0.4, -0.2) is 11.4 Å². The smallest absolute Gasteiger partial charge is 0.230 e. The van der Waals surface area contributed by atoms with Crippen LogP contribution in [0.4, 0.5) is 5.69 Å². The van der Waals surface area contributed by atoms with E-state index in [1.54, 1.807) is 0 Å². The van der Waals surface area contributed by atoms with Gasteiger partial charge in [-0.15, -0.1) is 0 Å². The number of fused-ring (bicyclic) bond motifs is 1. The number of carbonyl (C=O) groups is 1. The molecule has 0 saturated carbocycles. The Morgan fingerprint density at radius 3 is 2.22 bits per heavy atom. The Bertz CT molecular complexity index is 823. The highest BCUT2D eigenvalue weighted by atomic mass is 35.5. The maximum absolute atomic E-state index is 13.4. The van der Waals surface area contributed by atoms with Gasteiger partial charge in [0.1, 0.15) is 0 Å². The van der Waals surface area contributed by atoms with Crippen molar-refractivity contribution in [2.24, 2.45) is 5.92 Å². The van der Waals surface area contributed by atoms with Gasteiger partial charge in [-0.25, -0.2) is 0 Å². The molecule has 27 heavy (non-hydrogen) atoms. The minimum Gasteiger partial charge on any atom is -0.306 e. The van der Waals surface area contributed by atoms with Gasteiger partial charge >= 0.3 is 0 Å².